The quantitative estimate of drug-likeness (QED) is 0.777. The summed E-state index contributed by atoms with van der Waals surface area (Å²) in [7, 11) is 6.81. The van der Waals surface area contributed by atoms with E-state index in [0.29, 0.717) is 5.54 Å². The van der Waals surface area contributed by atoms with Gasteiger partial charge in [0.15, 0.2) is 0 Å². The van der Waals surface area contributed by atoms with Crippen LogP contribution in [-0.4, -0.2) is 55.1 Å². The first-order chi connectivity index (χ1) is 9.05. The van der Waals surface area contributed by atoms with E-state index in [0.717, 1.165) is 6.54 Å². The van der Waals surface area contributed by atoms with E-state index in [-0.39, 0.29) is 5.54 Å². The molecule has 0 aromatic carbocycles. The first-order valence-electron chi connectivity index (χ1n) is 8.13. The fourth-order valence-electron chi connectivity index (χ4n) is 4.07. The molecule has 3 heteroatoms. The van der Waals surface area contributed by atoms with E-state index in [4.69, 9.17) is 5.73 Å². The maximum Gasteiger partial charge on any atom is 0.0330 e. The van der Waals surface area contributed by atoms with E-state index in [1.807, 2.05) is 0 Å². The summed E-state index contributed by atoms with van der Waals surface area (Å²) < 4.78 is 0. The van der Waals surface area contributed by atoms with Gasteiger partial charge in [0, 0.05) is 24.2 Å². The summed E-state index contributed by atoms with van der Waals surface area (Å²) in [5, 5.41) is 0. The molecule has 0 saturated heterocycles. The van der Waals surface area contributed by atoms with Crippen LogP contribution in [0.25, 0.3) is 0 Å². The highest BCUT2D eigenvalue weighted by Crippen LogP contribution is 2.39. The molecule has 0 aromatic heterocycles. The highest BCUT2D eigenvalue weighted by Gasteiger charge is 2.44. The van der Waals surface area contributed by atoms with Crippen LogP contribution in [0.5, 0.6) is 0 Å². The number of nitrogens with zero attached hydrogens (tertiary/aromatic N) is 2. The fraction of sp³-hybridized carbons (Fsp3) is 1.00. The Bertz CT molecular complexity index is 276. The zero-order chi connectivity index (χ0) is 13.9. The molecule has 19 heavy (non-hydrogen) atoms. The van der Waals surface area contributed by atoms with Gasteiger partial charge in [0.2, 0.25) is 0 Å². The van der Waals surface area contributed by atoms with Crippen molar-refractivity contribution in [2.45, 2.75) is 68.9 Å². The average Bonchev–Trinajstić information content (AvgIpc) is 2.59. The van der Waals surface area contributed by atoms with Crippen molar-refractivity contribution in [1.29, 1.82) is 0 Å². The molecule has 0 atom stereocenters. The lowest BCUT2D eigenvalue weighted by Crippen LogP contribution is -2.62. The summed E-state index contributed by atoms with van der Waals surface area (Å²) in [5.41, 5.74) is 6.90. The van der Waals surface area contributed by atoms with Crippen molar-refractivity contribution in [3.8, 4) is 0 Å². The minimum Gasteiger partial charge on any atom is -0.329 e. The Morgan fingerprint density at radius 1 is 0.789 bits per heavy atom. The Balaban J connectivity index is 2.05. The van der Waals surface area contributed by atoms with Gasteiger partial charge >= 0.3 is 0 Å². The normalized spacial score (nSPS) is 26.2. The molecule has 0 bridgehead atoms. The third kappa shape index (κ3) is 2.98. The monoisotopic (exact) mass is 267 g/mol. The number of likely N-dealkylation sites (N-methyl/N-ethyl adjacent to an activating group) is 2. The molecule has 0 amide bonds. The summed E-state index contributed by atoms with van der Waals surface area (Å²) in [6.45, 7) is 2.02. The Kier molecular flexibility index (Phi) is 4.91. The van der Waals surface area contributed by atoms with Gasteiger partial charge in [0.05, 0.1) is 0 Å². The second-order valence-electron chi connectivity index (χ2n) is 7.17. The molecule has 2 fully saturated rings. The van der Waals surface area contributed by atoms with Gasteiger partial charge in [-0.15, -0.1) is 0 Å². The summed E-state index contributed by atoms with van der Waals surface area (Å²) in [5.74, 6) is 0. The van der Waals surface area contributed by atoms with Crippen LogP contribution in [0.3, 0.4) is 0 Å². The van der Waals surface area contributed by atoms with E-state index in [9.17, 15) is 0 Å². The maximum atomic E-state index is 6.21. The second kappa shape index (κ2) is 6.11. The van der Waals surface area contributed by atoms with Crippen molar-refractivity contribution in [2.75, 3.05) is 34.2 Å². The topological polar surface area (TPSA) is 32.5 Å². The number of hydrogen-bond donors (Lipinski definition) is 1. The molecule has 0 radical (unpaired) electrons. The lowest BCUT2D eigenvalue weighted by molar-refractivity contribution is -0.0123. The molecular formula is C16H33N3. The number of hydrogen-bond acceptors (Lipinski definition) is 3. The minimum atomic E-state index is 0.273. The van der Waals surface area contributed by atoms with Crippen molar-refractivity contribution in [2.24, 2.45) is 5.73 Å². The van der Waals surface area contributed by atoms with Crippen LogP contribution in [0.15, 0.2) is 0 Å². The van der Waals surface area contributed by atoms with Crippen LogP contribution in [0.2, 0.25) is 0 Å². The first-order valence-corrected chi connectivity index (χ1v) is 8.13. The second-order valence-corrected chi connectivity index (χ2v) is 7.17. The van der Waals surface area contributed by atoms with Crippen molar-refractivity contribution in [3.05, 3.63) is 0 Å². The third-order valence-electron chi connectivity index (χ3n) is 5.99. The Hall–Kier alpha value is -0.120. The SMILES string of the molecule is CN(C)C1(CN(C)C2(CN)CCCCCC2)CCC1. The van der Waals surface area contributed by atoms with Crippen molar-refractivity contribution >= 4 is 0 Å². The number of nitrogens with two attached hydrogens (primary N) is 1. The molecule has 0 aliphatic heterocycles. The molecule has 3 nitrogen and oxygen atoms in total. The molecule has 0 spiro atoms. The smallest absolute Gasteiger partial charge is 0.0330 e. The molecule has 2 aliphatic carbocycles. The van der Waals surface area contributed by atoms with Gasteiger partial charge in [-0.3, -0.25) is 4.90 Å². The summed E-state index contributed by atoms with van der Waals surface area (Å²) >= 11 is 0. The average molecular weight is 267 g/mol. The van der Waals surface area contributed by atoms with E-state index < -0.39 is 0 Å². The van der Waals surface area contributed by atoms with Gasteiger partial charge in [0.25, 0.3) is 0 Å². The predicted molar refractivity (Wildman–Crippen MR) is 82.4 cm³/mol. The molecule has 2 saturated carbocycles. The van der Waals surface area contributed by atoms with Crippen LogP contribution in [0.4, 0.5) is 0 Å². The van der Waals surface area contributed by atoms with Gasteiger partial charge in [-0.05, 0) is 53.2 Å². The van der Waals surface area contributed by atoms with Crippen molar-refractivity contribution < 1.29 is 0 Å². The van der Waals surface area contributed by atoms with Gasteiger partial charge in [-0.25, -0.2) is 0 Å². The molecule has 0 aromatic rings. The summed E-state index contributed by atoms with van der Waals surface area (Å²) in [4.78, 5) is 5.07. The van der Waals surface area contributed by atoms with Crippen molar-refractivity contribution in [1.82, 2.24) is 9.80 Å². The maximum absolute atomic E-state index is 6.21. The van der Waals surface area contributed by atoms with Gasteiger partial charge in [-0.2, -0.15) is 0 Å². The summed E-state index contributed by atoms with van der Waals surface area (Å²) in [6, 6.07) is 0. The number of rotatable bonds is 5. The van der Waals surface area contributed by atoms with Crippen LogP contribution < -0.4 is 5.73 Å². The van der Waals surface area contributed by atoms with Crippen LogP contribution >= 0.6 is 0 Å². The third-order valence-corrected chi connectivity index (χ3v) is 5.99. The summed E-state index contributed by atoms with van der Waals surface area (Å²) in [6.07, 6.45) is 12.2. The zero-order valence-electron chi connectivity index (χ0n) is 13.2. The lowest BCUT2D eigenvalue weighted by Gasteiger charge is -2.53. The van der Waals surface area contributed by atoms with E-state index >= 15 is 0 Å². The molecule has 0 unspecified atom stereocenters. The highest BCUT2D eigenvalue weighted by atomic mass is 15.3. The Morgan fingerprint density at radius 3 is 1.68 bits per heavy atom. The van der Waals surface area contributed by atoms with Gasteiger partial charge in [0.1, 0.15) is 0 Å². The van der Waals surface area contributed by atoms with Crippen LogP contribution in [0.1, 0.15) is 57.8 Å². The molecule has 2 aliphatic rings. The molecule has 2 N–H and O–H groups in total. The fourth-order valence-corrected chi connectivity index (χ4v) is 4.07. The zero-order valence-corrected chi connectivity index (χ0v) is 13.2. The van der Waals surface area contributed by atoms with E-state index in [1.165, 1.54) is 64.3 Å². The predicted octanol–water partition coefficient (Wildman–Crippen LogP) is 2.45. The Morgan fingerprint density at radius 2 is 1.32 bits per heavy atom. The minimum absolute atomic E-state index is 0.273. The largest absolute Gasteiger partial charge is 0.329 e. The van der Waals surface area contributed by atoms with Crippen LogP contribution in [-0.2, 0) is 0 Å². The Labute approximate surface area is 119 Å². The first kappa shape index (κ1) is 15.3. The van der Waals surface area contributed by atoms with E-state index in [1.54, 1.807) is 0 Å². The molecule has 2 rings (SSSR count). The molecule has 112 valence electrons. The highest BCUT2D eigenvalue weighted by molar-refractivity contribution is 5.02. The van der Waals surface area contributed by atoms with Gasteiger partial charge < -0.3 is 10.6 Å². The van der Waals surface area contributed by atoms with E-state index in [2.05, 4.69) is 30.9 Å². The van der Waals surface area contributed by atoms with Gasteiger partial charge in [-0.1, -0.05) is 25.7 Å². The molecular weight excluding hydrogens is 234 g/mol. The van der Waals surface area contributed by atoms with Crippen LogP contribution in [0, 0.1) is 0 Å². The lowest BCUT2D eigenvalue weighted by atomic mass is 9.74. The molecule has 0 heterocycles. The standard InChI is InChI=1S/C16H33N3/c1-18(2)16(11-8-12-16)14-19(3)15(13-17)9-6-4-5-7-10-15/h4-14,17H2,1-3H3. The van der Waals surface area contributed by atoms with Crippen molar-refractivity contribution in [3.63, 3.8) is 0 Å².